The first-order valence-electron chi connectivity index (χ1n) is 9.73. The van der Waals surface area contributed by atoms with E-state index in [0.29, 0.717) is 19.6 Å². The highest BCUT2D eigenvalue weighted by atomic mass is 19.1. The van der Waals surface area contributed by atoms with Crippen molar-refractivity contribution in [2.45, 2.75) is 31.7 Å². The van der Waals surface area contributed by atoms with Gasteiger partial charge < -0.3 is 10.1 Å². The molecule has 1 aromatic heterocycles. The zero-order valence-electron chi connectivity index (χ0n) is 15.7. The summed E-state index contributed by atoms with van der Waals surface area (Å²) in [4.78, 5) is 14.7. The number of carbonyl (C=O) groups excluding carboxylic acids is 1. The van der Waals surface area contributed by atoms with Gasteiger partial charge in [0.2, 0.25) is 5.91 Å². The van der Waals surface area contributed by atoms with Crippen LogP contribution < -0.4 is 5.32 Å². The number of rotatable bonds is 5. The van der Waals surface area contributed by atoms with Gasteiger partial charge in [0.05, 0.1) is 25.5 Å². The SMILES string of the molecule is O=C(CCN1CCOCC1)N[C@@H]1CCCc2c1cnn2-c1ccc(F)cc1F. The van der Waals surface area contributed by atoms with Gasteiger partial charge in [-0.15, -0.1) is 0 Å². The molecule has 150 valence electrons. The van der Waals surface area contributed by atoms with Crippen molar-refractivity contribution in [1.29, 1.82) is 0 Å². The minimum atomic E-state index is -0.650. The van der Waals surface area contributed by atoms with E-state index in [0.717, 1.165) is 56.2 Å². The van der Waals surface area contributed by atoms with Gasteiger partial charge in [-0.05, 0) is 31.4 Å². The molecule has 0 spiro atoms. The smallest absolute Gasteiger partial charge is 0.221 e. The van der Waals surface area contributed by atoms with Crippen molar-refractivity contribution >= 4 is 5.91 Å². The molecule has 2 heterocycles. The molecule has 1 aliphatic heterocycles. The van der Waals surface area contributed by atoms with E-state index in [1.807, 2.05) is 0 Å². The molecule has 0 saturated carbocycles. The van der Waals surface area contributed by atoms with E-state index in [-0.39, 0.29) is 17.6 Å². The second-order valence-electron chi connectivity index (χ2n) is 7.27. The maximum atomic E-state index is 14.2. The lowest BCUT2D eigenvalue weighted by Crippen LogP contribution is -2.39. The summed E-state index contributed by atoms with van der Waals surface area (Å²) in [5, 5.41) is 7.42. The van der Waals surface area contributed by atoms with Gasteiger partial charge in [-0.2, -0.15) is 5.10 Å². The van der Waals surface area contributed by atoms with Gasteiger partial charge in [-0.3, -0.25) is 9.69 Å². The van der Waals surface area contributed by atoms with Crippen molar-refractivity contribution in [3.8, 4) is 5.69 Å². The number of nitrogens with zero attached hydrogens (tertiary/aromatic N) is 3. The molecular formula is C20H24F2N4O2. The topological polar surface area (TPSA) is 59.4 Å². The molecule has 1 aliphatic carbocycles. The third-order valence-corrected chi connectivity index (χ3v) is 5.41. The summed E-state index contributed by atoms with van der Waals surface area (Å²) in [6.07, 6.45) is 4.56. The quantitative estimate of drug-likeness (QED) is 0.852. The molecule has 1 atom stereocenters. The summed E-state index contributed by atoms with van der Waals surface area (Å²) in [5.41, 5.74) is 2.01. The van der Waals surface area contributed by atoms with Gasteiger partial charge in [0.25, 0.3) is 0 Å². The molecule has 1 amide bonds. The molecule has 2 aliphatic rings. The van der Waals surface area contributed by atoms with Crippen molar-refractivity contribution in [3.05, 3.63) is 47.3 Å². The highest BCUT2D eigenvalue weighted by Gasteiger charge is 2.27. The number of benzene rings is 1. The minimum Gasteiger partial charge on any atom is -0.379 e. The van der Waals surface area contributed by atoms with Crippen LogP contribution in [-0.4, -0.2) is 53.4 Å². The molecule has 2 aromatic rings. The number of carbonyl (C=O) groups is 1. The fourth-order valence-electron chi connectivity index (χ4n) is 3.92. The maximum Gasteiger partial charge on any atom is 0.221 e. The molecular weight excluding hydrogens is 366 g/mol. The van der Waals surface area contributed by atoms with Crippen LogP contribution in [0.5, 0.6) is 0 Å². The van der Waals surface area contributed by atoms with Crippen LogP contribution in [0.4, 0.5) is 8.78 Å². The highest BCUT2D eigenvalue weighted by molar-refractivity contribution is 5.76. The molecule has 0 radical (unpaired) electrons. The molecule has 1 N–H and O–H groups in total. The van der Waals surface area contributed by atoms with E-state index >= 15 is 0 Å². The number of hydrogen-bond donors (Lipinski definition) is 1. The zero-order valence-corrected chi connectivity index (χ0v) is 15.7. The first kappa shape index (κ1) is 19.0. The van der Waals surface area contributed by atoms with E-state index in [1.165, 1.54) is 16.8 Å². The van der Waals surface area contributed by atoms with Gasteiger partial charge >= 0.3 is 0 Å². The van der Waals surface area contributed by atoms with Crippen molar-refractivity contribution in [2.75, 3.05) is 32.8 Å². The second-order valence-corrected chi connectivity index (χ2v) is 7.27. The third kappa shape index (κ3) is 4.07. The fraction of sp³-hybridized carbons (Fsp3) is 0.500. The average Bonchev–Trinajstić information content (AvgIpc) is 3.12. The Labute approximate surface area is 162 Å². The van der Waals surface area contributed by atoms with E-state index in [1.54, 1.807) is 6.20 Å². The minimum absolute atomic E-state index is 0.00468. The van der Waals surface area contributed by atoms with E-state index in [4.69, 9.17) is 4.74 Å². The van der Waals surface area contributed by atoms with E-state index in [9.17, 15) is 13.6 Å². The van der Waals surface area contributed by atoms with E-state index < -0.39 is 11.6 Å². The third-order valence-electron chi connectivity index (χ3n) is 5.41. The predicted octanol–water partition coefficient (Wildman–Crippen LogP) is 2.37. The van der Waals surface area contributed by atoms with Crippen LogP contribution in [0, 0.1) is 11.6 Å². The summed E-state index contributed by atoms with van der Waals surface area (Å²) >= 11 is 0. The Morgan fingerprint density at radius 2 is 2.11 bits per heavy atom. The van der Waals surface area contributed by atoms with Crippen molar-refractivity contribution < 1.29 is 18.3 Å². The summed E-state index contributed by atoms with van der Waals surface area (Å²) in [6, 6.07) is 3.35. The van der Waals surface area contributed by atoms with Crippen LogP contribution in [0.1, 0.15) is 36.6 Å². The maximum absolute atomic E-state index is 14.2. The normalized spacial score (nSPS) is 20.0. The van der Waals surface area contributed by atoms with Gasteiger partial charge in [-0.25, -0.2) is 13.5 Å². The molecule has 1 saturated heterocycles. The lowest BCUT2D eigenvalue weighted by molar-refractivity contribution is -0.122. The first-order chi connectivity index (χ1) is 13.6. The lowest BCUT2D eigenvalue weighted by Gasteiger charge is -2.27. The molecule has 1 aromatic carbocycles. The molecule has 0 bridgehead atoms. The number of ether oxygens (including phenoxy) is 1. The van der Waals surface area contributed by atoms with Crippen molar-refractivity contribution in [1.82, 2.24) is 20.0 Å². The molecule has 4 rings (SSSR count). The largest absolute Gasteiger partial charge is 0.379 e. The van der Waals surface area contributed by atoms with Crippen LogP contribution >= 0.6 is 0 Å². The summed E-state index contributed by atoms with van der Waals surface area (Å²) in [6.45, 7) is 3.86. The van der Waals surface area contributed by atoms with E-state index in [2.05, 4.69) is 15.3 Å². The number of morpholine rings is 1. The van der Waals surface area contributed by atoms with Crippen molar-refractivity contribution in [2.24, 2.45) is 0 Å². The fourth-order valence-corrected chi connectivity index (χ4v) is 3.92. The lowest BCUT2D eigenvalue weighted by atomic mass is 9.92. The number of amides is 1. The second kappa shape index (κ2) is 8.36. The van der Waals surface area contributed by atoms with Gasteiger partial charge in [0.15, 0.2) is 5.82 Å². The Morgan fingerprint density at radius 1 is 1.29 bits per heavy atom. The Morgan fingerprint density at radius 3 is 2.89 bits per heavy atom. The number of hydrogen-bond acceptors (Lipinski definition) is 4. The van der Waals surface area contributed by atoms with Gasteiger partial charge in [-0.1, -0.05) is 0 Å². The van der Waals surface area contributed by atoms with Crippen molar-refractivity contribution in [3.63, 3.8) is 0 Å². The Hall–Kier alpha value is -2.32. The summed E-state index contributed by atoms with van der Waals surface area (Å²) in [7, 11) is 0. The van der Waals surface area contributed by atoms with Gasteiger partial charge in [0.1, 0.15) is 11.5 Å². The summed E-state index contributed by atoms with van der Waals surface area (Å²) < 4.78 is 34.2. The van der Waals surface area contributed by atoms with Gasteiger partial charge in [0, 0.05) is 43.4 Å². The number of fused-ring (bicyclic) bond motifs is 1. The van der Waals surface area contributed by atoms with Crippen LogP contribution in [-0.2, 0) is 16.0 Å². The molecule has 0 unspecified atom stereocenters. The standard InChI is InChI=1S/C20H24F2N4O2/c21-14-4-5-19(16(22)12-14)26-18-3-1-2-17(15(18)13-23-26)24-20(27)6-7-25-8-10-28-11-9-25/h4-5,12-13,17H,1-3,6-11H2,(H,24,27)/t17-/m1/s1. The monoisotopic (exact) mass is 390 g/mol. The van der Waals surface area contributed by atoms with Crippen LogP contribution in [0.15, 0.2) is 24.4 Å². The van der Waals surface area contributed by atoms with Crippen LogP contribution in [0.2, 0.25) is 0 Å². The number of aromatic nitrogens is 2. The highest BCUT2D eigenvalue weighted by Crippen LogP contribution is 2.31. The molecule has 28 heavy (non-hydrogen) atoms. The Balaban J connectivity index is 1.44. The number of halogens is 2. The predicted molar refractivity (Wildman–Crippen MR) is 99.2 cm³/mol. The molecule has 6 nitrogen and oxygen atoms in total. The molecule has 1 fully saturated rings. The average molecular weight is 390 g/mol. The summed E-state index contributed by atoms with van der Waals surface area (Å²) in [5.74, 6) is -1.26. The zero-order chi connectivity index (χ0) is 19.5. The van der Waals surface area contributed by atoms with Crippen LogP contribution in [0.3, 0.4) is 0 Å². The molecule has 8 heteroatoms. The number of nitrogens with one attached hydrogen (secondary N) is 1. The Bertz CT molecular complexity index is 849. The Kier molecular flexibility index (Phi) is 5.68. The first-order valence-corrected chi connectivity index (χ1v) is 9.73. The van der Waals surface area contributed by atoms with Crippen LogP contribution in [0.25, 0.3) is 5.69 Å².